The zero-order valence-corrected chi connectivity index (χ0v) is 50.6. The molecule has 6 heterocycles. The molecular weight excluding hydrogens is 1140 g/mol. The van der Waals surface area contributed by atoms with Crippen molar-refractivity contribution in [1.29, 1.82) is 0 Å². The van der Waals surface area contributed by atoms with E-state index in [4.69, 9.17) is 61.6 Å². The van der Waals surface area contributed by atoms with Gasteiger partial charge < -0.3 is 118 Å². The molecule has 10 rings (SSSR count). The SMILES string of the molecule is C=C(C)CCC[C@]1(C)OC(=O)[C@]23CC[C@@H]4C(=CC[C@H]5C(C)(C)[C@@H](O[C@@H]6OC[C@@H](O)[C@H](O)[C@H]6O[C@@H]6O[C@H](C)[C@@H](O[C@@H]7OC[C@@H](O)[C@H](O[C@@H]8O[C@H](CO)[C@@H](O)[C@H](OC)[C@H]8O)[C@H]7O)[C@H](O)[C@H]6O[C@@H]6OC[C@@H](O)[C@H](O)[C@H]6O)CC[C@]45C)[C@]2(C)C[C@H](OC(C)=O)[C@@H]31. The van der Waals surface area contributed by atoms with Crippen LogP contribution in [0.2, 0.25) is 0 Å². The molecular formula is C60H94O26. The zero-order valence-electron chi connectivity index (χ0n) is 50.6. The van der Waals surface area contributed by atoms with Crippen molar-refractivity contribution in [1.82, 2.24) is 0 Å². The summed E-state index contributed by atoms with van der Waals surface area (Å²) >= 11 is 0. The highest BCUT2D eigenvalue weighted by atomic mass is 16.8. The number of allylic oxidation sites excluding steroid dienone is 3. The number of ether oxygens (including phenoxy) is 13. The van der Waals surface area contributed by atoms with E-state index in [1.807, 2.05) is 13.8 Å². The van der Waals surface area contributed by atoms with Crippen molar-refractivity contribution in [3.05, 3.63) is 23.8 Å². The Kier molecular flexibility index (Phi) is 19.5. The molecule has 11 N–H and O–H groups in total. The Hall–Kier alpha value is -2.46. The summed E-state index contributed by atoms with van der Waals surface area (Å²) in [7, 11) is 1.21. The average Bonchev–Trinajstić information content (AvgIpc) is 1.46. The third-order valence-corrected chi connectivity index (χ3v) is 21.7. The lowest BCUT2D eigenvalue weighted by Crippen LogP contribution is -2.67. The molecule has 1 spiro atoms. The van der Waals surface area contributed by atoms with Crippen molar-refractivity contribution in [3.63, 3.8) is 0 Å². The molecule has 0 aromatic carbocycles. The number of aliphatic hydroxyl groups excluding tert-OH is 11. The zero-order chi connectivity index (χ0) is 62.5. The van der Waals surface area contributed by atoms with E-state index in [1.54, 1.807) is 0 Å². The van der Waals surface area contributed by atoms with Crippen LogP contribution in [0.5, 0.6) is 0 Å². The number of rotatable bonds is 17. The van der Waals surface area contributed by atoms with E-state index >= 15 is 0 Å². The van der Waals surface area contributed by atoms with Crippen LogP contribution in [-0.2, 0) is 71.2 Å². The number of aliphatic hydroxyl groups is 11. The Morgan fingerprint density at radius 1 is 0.674 bits per heavy atom. The van der Waals surface area contributed by atoms with Crippen LogP contribution in [0.15, 0.2) is 23.8 Å². The quantitative estimate of drug-likeness (QED) is 0.0631. The maximum atomic E-state index is 14.7. The van der Waals surface area contributed by atoms with Crippen molar-refractivity contribution in [3.8, 4) is 0 Å². The van der Waals surface area contributed by atoms with Gasteiger partial charge in [-0.25, -0.2) is 0 Å². The van der Waals surface area contributed by atoms with Gasteiger partial charge in [-0.05, 0) is 101 Å². The highest BCUT2D eigenvalue weighted by Crippen LogP contribution is 2.77. The first kappa shape index (κ1) is 66.5. The maximum absolute atomic E-state index is 14.7. The fourth-order valence-corrected chi connectivity index (χ4v) is 17.3. The minimum Gasteiger partial charge on any atom is -0.462 e. The minimum absolute atomic E-state index is 0.0193. The lowest BCUT2D eigenvalue weighted by molar-refractivity contribution is -0.399. The molecule has 0 unspecified atom stereocenters. The second-order valence-electron chi connectivity index (χ2n) is 27.5. The summed E-state index contributed by atoms with van der Waals surface area (Å²) in [5.74, 6) is -0.880. The van der Waals surface area contributed by atoms with Gasteiger partial charge in [0, 0.05) is 19.4 Å². The molecule has 0 aromatic heterocycles. The van der Waals surface area contributed by atoms with Gasteiger partial charge in [0.05, 0.1) is 50.0 Å². The van der Waals surface area contributed by atoms with Crippen molar-refractivity contribution < 1.29 is 127 Å². The Bertz CT molecular complexity index is 2450. The molecule has 26 heteroatoms. The lowest BCUT2D eigenvalue weighted by Gasteiger charge is -2.64. The monoisotopic (exact) mass is 1230 g/mol. The third-order valence-electron chi connectivity index (χ3n) is 21.7. The Labute approximate surface area is 500 Å². The molecule has 86 heavy (non-hydrogen) atoms. The molecule has 31 atom stereocenters. The highest BCUT2D eigenvalue weighted by Gasteiger charge is 2.79. The van der Waals surface area contributed by atoms with Crippen LogP contribution in [0.3, 0.4) is 0 Å². The van der Waals surface area contributed by atoms with Gasteiger partial charge in [-0.2, -0.15) is 0 Å². The van der Waals surface area contributed by atoms with Crippen LogP contribution in [0.25, 0.3) is 0 Å². The van der Waals surface area contributed by atoms with Crippen molar-refractivity contribution in [2.24, 2.45) is 39.4 Å². The maximum Gasteiger partial charge on any atom is 0.314 e. The molecule has 9 fully saturated rings. The van der Waals surface area contributed by atoms with Crippen LogP contribution in [0, 0.1) is 39.4 Å². The van der Waals surface area contributed by atoms with Gasteiger partial charge in [0.25, 0.3) is 0 Å². The van der Waals surface area contributed by atoms with Gasteiger partial charge in [0.15, 0.2) is 31.5 Å². The predicted octanol–water partition coefficient (Wildman–Crippen LogP) is -0.744. The number of carbonyl (C=O) groups excluding carboxylic acids is 2. The van der Waals surface area contributed by atoms with Gasteiger partial charge in [-0.15, -0.1) is 6.58 Å². The fraction of sp³-hybridized carbons (Fsp3) is 0.900. The van der Waals surface area contributed by atoms with E-state index in [9.17, 15) is 65.8 Å². The fourth-order valence-electron chi connectivity index (χ4n) is 17.3. The lowest BCUT2D eigenvalue weighted by atomic mass is 9.41. The first-order valence-electron chi connectivity index (χ1n) is 30.6. The van der Waals surface area contributed by atoms with Crippen molar-refractivity contribution in [2.45, 2.75) is 266 Å². The molecule has 6 aliphatic heterocycles. The molecule has 0 bridgehead atoms. The van der Waals surface area contributed by atoms with Crippen LogP contribution in [0.4, 0.5) is 0 Å². The van der Waals surface area contributed by atoms with Crippen LogP contribution in [0.1, 0.15) is 113 Å². The predicted molar refractivity (Wildman–Crippen MR) is 292 cm³/mol. The number of fused-ring (bicyclic) bond motifs is 4. The first-order chi connectivity index (χ1) is 40.5. The number of hydrogen-bond acceptors (Lipinski definition) is 26. The summed E-state index contributed by atoms with van der Waals surface area (Å²) in [5, 5.41) is 121. The topological polar surface area (TPSA) is 377 Å². The van der Waals surface area contributed by atoms with Crippen molar-refractivity contribution in [2.75, 3.05) is 33.5 Å². The highest BCUT2D eigenvalue weighted by molar-refractivity contribution is 5.84. The molecule has 4 aliphatic carbocycles. The second kappa shape index (κ2) is 25.2. The molecule has 6 saturated heterocycles. The van der Waals surface area contributed by atoms with Gasteiger partial charge in [-0.1, -0.05) is 44.9 Å². The average molecular weight is 1230 g/mol. The summed E-state index contributed by atoms with van der Waals surface area (Å²) < 4.78 is 79.1. The van der Waals surface area contributed by atoms with Crippen LogP contribution in [-0.4, -0.2) is 255 Å². The van der Waals surface area contributed by atoms with Gasteiger partial charge >= 0.3 is 11.9 Å². The Morgan fingerprint density at radius 2 is 1.28 bits per heavy atom. The standard InChI is InChI=1S/C60H94O26/c1-25(2)12-11-17-59(9)49-33(79-27(4)62)20-58(8)29-13-14-35-56(5,6)36(16-18-57(35,7)28(29)15-19-60(49,58)55(73)86-59)81-53-47(38(67)31(64)23-77-53)85-54-48(84-50-40(69)37(66)30(63)22-75-50)41(70)44(26(3)78-54)82-51-42(71)45(32(65)24-76-51)83-52-43(72)46(74-10)39(68)34(21-61)80-52/h13,26,28,30-54,61,63-72H,1,11-12,14-24H2,2-10H3/t26-,28-,30-,31-,32-,33+,34-,35+,36+,37+,38+,39-,40-,41+,42-,43-,44-,45+,46+,47-,48-,49-,50+,51+,52+,53+,54+,57-,58+,59+,60-/m1/s1. The molecule has 10 aliphatic rings. The summed E-state index contributed by atoms with van der Waals surface area (Å²) in [6, 6.07) is 0. The van der Waals surface area contributed by atoms with Crippen molar-refractivity contribution >= 4 is 11.9 Å². The van der Waals surface area contributed by atoms with E-state index in [0.29, 0.717) is 44.9 Å². The van der Waals surface area contributed by atoms with Crippen LogP contribution < -0.4 is 0 Å². The molecule has 0 amide bonds. The second-order valence-corrected chi connectivity index (χ2v) is 27.5. The molecule has 3 saturated carbocycles. The molecule has 26 nitrogen and oxygen atoms in total. The van der Waals surface area contributed by atoms with E-state index in [1.165, 1.54) is 26.5 Å². The number of cyclic esters (lactones) is 1. The number of carbonyl (C=O) groups is 2. The normalized spacial score (nSPS) is 51.7. The largest absolute Gasteiger partial charge is 0.462 e. The van der Waals surface area contributed by atoms with Gasteiger partial charge in [0.1, 0.15) is 109 Å². The van der Waals surface area contributed by atoms with E-state index in [0.717, 1.165) is 18.4 Å². The third kappa shape index (κ3) is 11.4. The Balaban J connectivity index is 0.875. The summed E-state index contributed by atoms with van der Waals surface area (Å²) in [4.78, 5) is 27.5. The summed E-state index contributed by atoms with van der Waals surface area (Å²) in [6.07, 6.45) is -28.1. The smallest absolute Gasteiger partial charge is 0.314 e. The molecule has 0 aromatic rings. The van der Waals surface area contributed by atoms with Crippen LogP contribution >= 0.6 is 0 Å². The summed E-state index contributed by atoms with van der Waals surface area (Å²) in [6.45, 7) is 17.7. The number of esters is 2. The van der Waals surface area contributed by atoms with E-state index in [2.05, 4.69) is 40.3 Å². The molecule has 490 valence electrons. The summed E-state index contributed by atoms with van der Waals surface area (Å²) in [5.41, 5.74) is -1.02. The first-order valence-corrected chi connectivity index (χ1v) is 30.6. The van der Waals surface area contributed by atoms with E-state index in [-0.39, 0.29) is 35.7 Å². The van der Waals surface area contributed by atoms with E-state index < -0.39 is 195 Å². The number of hydrogen-bond donors (Lipinski definition) is 11. The minimum atomic E-state index is -1.89. The van der Waals surface area contributed by atoms with Gasteiger partial charge in [-0.3, -0.25) is 9.59 Å². The molecule has 0 radical (unpaired) electrons. The Morgan fingerprint density at radius 3 is 1.94 bits per heavy atom. The van der Waals surface area contributed by atoms with Gasteiger partial charge in [0.2, 0.25) is 0 Å². The number of methoxy groups -OCH3 is 1.